The molecule has 0 aliphatic carbocycles. The van der Waals surface area contributed by atoms with Crippen molar-refractivity contribution in [3.05, 3.63) is 36.1 Å². The van der Waals surface area contributed by atoms with Gasteiger partial charge in [-0.3, -0.25) is 4.79 Å². The zero-order valence-corrected chi connectivity index (χ0v) is 11.9. The van der Waals surface area contributed by atoms with E-state index < -0.39 is 11.9 Å². The lowest BCUT2D eigenvalue weighted by Gasteiger charge is -2.11. The lowest BCUT2D eigenvalue weighted by molar-refractivity contribution is -0.152. The van der Waals surface area contributed by atoms with Crippen LogP contribution in [0, 0.1) is 0 Å². The Morgan fingerprint density at radius 2 is 2.05 bits per heavy atom. The first-order valence-electron chi connectivity index (χ1n) is 6.52. The molecule has 1 aromatic heterocycles. The first kappa shape index (κ1) is 15.1. The van der Waals surface area contributed by atoms with Gasteiger partial charge in [0, 0.05) is 12.5 Å². The molecule has 1 amide bonds. The van der Waals surface area contributed by atoms with Crippen LogP contribution in [-0.4, -0.2) is 32.2 Å². The highest BCUT2D eigenvalue weighted by atomic mass is 16.6. The summed E-state index contributed by atoms with van der Waals surface area (Å²) < 4.78 is 15.0. The van der Waals surface area contributed by atoms with Crippen LogP contribution in [0.25, 0.3) is 11.0 Å². The minimum Gasteiger partial charge on any atom is -0.459 e. The molecule has 1 heterocycles. The molecule has 0 saturated carbocycles. The van der Waals surface area contributed by atoms with Crippen LogP contribution in [0.2, 0.25) is 0 Å². The third-order valence-electron chi connectivity index (χ3n) is 2.88. The van der Waals surface area contributed by atoms with Gasteiger partial charge in [-0.25, -0.2) is 4.79 Å². The Labute approximate surface area is 122 Å². The predicted molar refractivity (Wildman–Crippen MR) is 75.6 cm³/mol. The molecule has 0 saturated heterocycles. The standard InChI is InChI=1S/C15H17NO5/c1-10(16-14(17)8-20-15(18)9-19-2)13-7-11-5-3-4-6-12(11)21-13/h3-7,10H,8-9H2,1-2H3,(H,16,17)/t10-/m0/s1. The highest BCUT2D eigenvalue weighted by Gasteiger charge is 2.15. The maximum Gasteiger partial charge on any atom is 0.332 e. The van der Waals surface area contributed by atoms with Gasteiger partial charge in [-0.1, -0.05) is 18.2 Å². The molecule has 2 aromatic rings. The summed E-state index contributed by atoms with van der Waals surface area (Å²) in [6.45, 7) is 1.28. The molecule has 1 aromatic carbocycles. The number of rotatable bonds is 6. The summed E-state index contributed by atoms with van der Waals surface area (Å²) in [5, 5.41) is 3.68. The summed E-state index contributed by atoms with van der Waals surface area (Å²) in [5.74, 6) is -0.329. The summed E-state index contributed by atoms with van der Waals surface area (Å²) in [7, 11) is 1.38. The minimum atomic E-state index is -0.580. The monoisotopic (exact) mass is 291 g/mol. The molecular formula is C15H17NO5. The van der Waals surface area contributed by atoms with Gasteiger partial charge >= 0.3 is 5.97 Å². The maximum absolute atomic E-state index is 11.7. The summed E-state index contributed by atoms with van der Waals surface area (Å²) in [4.78, 5) is 22.8. The molecule has 0 aliphatic rings. The number of ether oxygens (including phenoxy) is 2. The second-order valence-corrected chi connectivity index (χ2v) is 4.57. The second kappa shape index (κ2) is 6.90. The third kappa shape index (κ3) is 4.06. The fourth-order valence-corrected chi connectivity index (χ4v) is 1.88. The molecule has 0 fully saturated rings. The number of nitrogens with one attached hydrogen (secondary N) is 1. The van der Waals surface area contributed by atoms with Gasteiger partial charge in [-0.2, -0.15) is 0 Å². The van der Waals surface area contributed by atoms with E-state index in [1.54, 1.807) is 6.92 Å². The van der Waals surface area contributed by atoms with Gasteiger partial charge in [0.05, 0.1) is 6.04 Å². The maximum atomic E-state index is 11.7. The van der Waals surface area contributed by atoms with Crippen molar-refractivity contribution >= 4 is 22.8 Å². The molecule has 0 radical (unpaired) electrons. The fraction of sp³-hybridized carbons (Fsp3) is 0.333. The molecule has 6 heteroatoms. The molecule has 112 valence electrons. The van der Waals surface area contributed by atoms with Gasteiger partial charge in [0.15, 0.2) is 6.61 Å². The smallest absolute Gasteiger partial charge is 0.332 e. The van der Waals surface area contributed by atoms with Crippen molar-refractivity contribution in [2.75, 3.05) is 20.3 Å². The molecule has 0 unspecified atom stereocenters. The first-order valence-corrected chi connectivity index (χ1v) is 6.52. The molecule has 21 heavy (non-hydrogen) atoms. The molecule has 1 atom stereocenters. The van der Waals surface area contributed by atoms with Crippen molar-refractivity contribution in [3.63, 3.8) is 0 Å². The van der Waals surface area contributed by atoms with E-state index in [1.165, 1.54) is 7.11 Å². The first-order chi connectivity index (χ1) is 10.1. The number of amides is 1. The molecule has 0 bridgehead atoms. The summed E-state index contributed by atoms with van der Waals surface area (Å²) in [6.07, 6.45) is 0. The van der Waals surface area contributed by atoms with E-state index in [4.69, 9.17) is 9.15 Å². The van der Waals surface area contributed by atoms with Crippen molar-refractivity contribution in [1.82, 2.24) is 5.32 Å². The van der Waals surface area contributed by atoms with Crippen LogP contribution in [0.15, 0.2) is 34.7 Å². The number of hydrogen-bond donors (Lipinski definition) is 1. The Morgan fingerprint density at radius 3 is 2.76 bits per heavy atom. The Hall–Kier alpha value is -2.34. The van der Waals surface area contributed by atoms with Crippen LogP contribution < -0.4 is 5.32 Å². The lowest BCUT2D eigenvalue weighted by atomic mass is 10.2. The van der Waals surface area contributed by atoms with Crippen molar-refractivity contribution in [3.8, 4) is 0 Å². The van der Waals surface area contributed by atoms with Crippen molar-refractivity contribution in [1.29, 1.82) is 0 Å². The van der Waals surface area contributed by atoms with E-state index in [9.17, 15) is 9.59 Å². The van der Waals surface area contributed by atoms with E-state index >= 15 is 0 Å². The number of carbonyl (C=O) groups excluding carboxylic acids is 2. The van der Waals surface area contributed by atoms with Gasteiger partial charge in [-0.05, 0) is 19.1 Å². The van der Waals surface area contributed by atoms with Gasteiger partial charge in [0.2, 0.25) is 0 Å². The van der Waals surface area contributed by atoms with Crippen LogP contribution in [-0.2, 0) is 19.1 Å². The van der Waals surface area contributed by atoms with Crippen LogP contribution in [0.4, 0.5) is 0 Å². The SMILES string of the molecule is COCC(=O)OCC(=O)N[C@@H](C)c1cc2ccccc2o1. The van der Waals surface area contributed by atoms with Gasteiger partial charge in [-0.15, -0.1) is 0 Å². The van der Waals surface area contributed by atoms with Gasteiger partial charge in [0.1, 0.15) is 18.0 Å². The third-order valence-corrected chi connectivity index (χ3v) is 2.88. The number of carbonyl (C=O) groups is 2. The van der Waals surface area contributed by atoms with Gasteiger partial charge in [0.25, 0.3) is 5.91 Å². The quantitative estimate of drug-likeness (QED) is 0.821. The summed E-state index contributed by atoms with van der Waals surface area (Å²) in [6, 6.07) is 9.15. The van der Waals surface area contributed by atoms with Crippen molar-refractivity contribution < 1.29 is 23.5 Å². The van der Waals surface area contributed by atoms with Crippen LogP contribution in [0.3, 0.4) is 0 Å². The van der Waals surface area contributed by atoms with Gasteiger partial charge < -0.3 is 19.2 Å². The van der Waals surface area contributed by atoms with Crippen molar-refractivity contribution in [2.24, 2.45) is 0 Å². The predicted octanol–water partition coefficient (Wildman–Crippen LogP) is 1.80. The summed E-state index contributed by atoms with van der Waals surface area (Å²) >= 11 is 0. The van der Waals surface area contributed by atoms with E-state index in [0.717, 1.165) is 11.0 Å². The zero-order valence-electron chi connectivity index (χ0n) is 11.9. The van der Waals surface area contributed by atoms with Crippen LogP contribution in [0.1, 0.15) is 18.7 Å². The normalized spacial score (nSPS) is 12.1. The largest absolute Gasteiger partial charge is 0.459 e. The second-order valence-electron chi connectivity index (χ2n) is 4.57. The average Bonchev–Trinajstić information content (AvgIpc) is 2.89. The number of esters is 1. The minimum absolute atomic E-state index is 0.174. The molecule has 0 spiro atoms. The topological polar surface area (TPSA) is 77.8 Å². The molecule has 2 rings (SSSR count). The summed E-state index contributed by atoms with van der Waals surface area (Å²) in [5.41, 5.74) is 0.764. The van der Waals surface area contributed by atoms with E-state index in [-0.39, 0.29) is 19.3 Å². The Morgan fingerprint density at radius 1 is 1.29 bits per heavy atom. The number of methoxy groups -OCH3 is 1. The molecule has 0 aliphatic heterocycles. The highest BCUT2D eigenvalue weighted by Crippen LogP contribution is 2.23. The Kier molecular flexibility index (Phi) is 4.94. The number of hydrogen-bond acceptors (Lipinski definition) is 5. The Balaban J connectivity index is 1.90. The van der Waals surface area contributed by atoms with Crippen LogP contribution >= 0.6 is 0 Å². The fourth-order valence-electron chi connectivity index (χ4n) is 1.88. The molecule has 1 N–H and O–H groups in total. The van der Waals surface area contributed by atoms with Crippen molar-refractivity contribution in [2.45, 2.75) is 13.0 Å². The average molecular weight is 291 g/mol. The highest BCUT2D eigenvalue weighted by molar-refractivity contribution is 5.81. The Bertz CT molecular complexity index is 601. The number of benzene rings is 1. The van der Waals surface area contributed by atoms with E-state index in [1.807, 2.05) is 30.3 Å². The molecular weight excluding hydrogens is 274 g/mol. The number of furan rings is 1. The lowest BCUT2D eigenvalue weighted by Crippen LogP contribution is -2.31. The number of fused-ring (bicyclic) bond motifs is 1. The molecule has 6 nitrogen and oxygen atoms in total. The van der Waals surface area contributed by atoms with Crippen LogP contribution in [0.5, 0.6) is 0 Å². The van der Waals surface area contributed by atoms with E-state index in [2.05, 4.69) is 10.1 Å². The van der Waals surface area contributed by atoms with E-state index in [0.29, 0.717) is 5.76 Å². The number of para-hydroxylation sites is 1. The zero-order chi connectivity index (χ0) is 15.2.